The number of esters is 1. The molecule has 1 rings (SSSR count). The zero-order valence-corrected chi connectivity index (χ0v) is 12.3. The zero-order chi connectivity index (χ0) is 16.1. The Morgan fingerprint density at radius 1 is 1.19 bits per heavy atom. The van der Waals surface area contributed by atoms with Crippen LogP contribution in [0.1, 0.15) is 32.8 Å². The number of alkyl halides is 3. The highest BCUT2D eigenvalue weighted by Gasteiger charge is 2.41. The Morgan fingerprint density at radius 3 is 2.24 bits per heavy atom. The summed E-state index contributed by atoms with van der Waals surface area (Å²) in [7, 11) is 0. The number of nitrogens with one attached hydrogen (secondary N) is 1. The van der Waals surface area contributed by atoms with Crippen LogP contribution in [-0.4, -0.2) is 23.8 Å². The average Bonchev–Trinajstić information content (AvgIpc) is 2.32. The first-order valence-electron chi connectivity index (χ1n) is 6.64. The van der Waals surface area contributed by atoms with Crippen molar-refractivity contribution in [2.75, 3.05) is 0 Å². The third-order valence-electron chi connectivity index (χ3n) is 2.58. The smallest absolute Gasteiger partial charge is 0.404 e. The molecule has 6 heteroatoms. The normalized spacial score (nSPS) is 13.8. The Hall–Kier alpha value is -1.56. The van der Waals surface area contributed by atoms with Gasteiger partial charge in [-0.05, 0) is 26.3 Å². The third-order valence-corrected chi connectivity index (χ3v) is 2.58. The van der Waals surface area contributed by atoms with Crippen LogP contribution in [0.25, 0.3) is 0 Å². The first-order valence-corrected chi connectivity index (χ1v) is 6.64. The molecular formula is C15H20F3NO2. The molecule has 0 heterocycles. The van der Waals surface area contributed by atoms with E-state index in [4.69, 9.17) is 4.74 Å². The van der Waals surface area contributed by atoms with E-state index in [9.17, 15) is 18.0 Å². The lowest BCUT2D eigenvalue weighted by Gasteiger charge is -2.24. The summed E-state index contributed by atoms with van der Waals surface area (Å²) >= 11 is 0. The van der Waals surface area contributed by atoms with E-state index < -0.39 is 30.2 Å². The van der Waals surface area contributed by atoms with E-state index >= 15 is 0 Å². The van der Waals surface area contributed by atoms with E-state index in [0.29, 0.717) is 0 Å². The fourth-order valence-corrected chi connectivity index (χ4v) is 1.69. The monoisotopic (exact) mass is 303 g/mol. The van der Waals surface area contributed by atoms with Gasteiger partial charge < -0.3 is 10.1 Å². The van der Waals surface area contributed by atoms with Crippen LogP contribution in [0.2, 0.25) is 0 Å². The predicted octanol–water partition coefficient (Wildman–Crippen LogP) is 3.44. The highest BCUT2D eigenvalue weighted by atomic mass is 19.4. The molecule has 1 aromatic carbocycles. The molecular weight excluding hydrogens is 283 g/mol. The average molecular weight is 303 g/mol. The van der Waals surface area contributed by atoms with E-state index in [1.807, 2.05) is 0 Å². The van der Waals surface area contributed by atoms with E-state index in [1.165, 1.54) is 0 Å². The van der Waals surface area contributed by atoms with Gasteiger partial charge in [0.15, 0.2) is 0 Å². The molecule has 0 aliphatic rings. The first kappa shape index (κ1) is 17.5. The number of benzene rings is 1. The second-order valence-electron chi connectivity index (χ2n) is 5.75. The molecule has 0 radical (unpaired) electrons. The van der Waals surface area contributed by atoms with Crippen molar-refractivity contribution in [1.29, 1.82) is 0 Å². The highest BCUT2D eigenvalue weighted by molar-refractivity contribution is 5.70. The second-order valence-corrected chi connectivity index (χ2v) is 5.75. The summed E-state index contributed by atoms with van der Waals surface area (Å²) in [4.78, 5) is 11.6. The van der Waals surface area contributed by atoms with E-state index in [1.54, 1.807) is 51.1 Å². The van der Waals surface area contributed by atoms with Crippen LogP contribution in [0.5, 0.6) is 0 Å². The Labute approximate surface area is 122 Å². The van der Waals surface area contributed by atoms with Gasteiger partial charge in [-0.25, -0.2) is 0 Å². The molecule has 3 nitrogen and oxygen atoms in total. The number of carbonyl (C=O) groups excluding carboxylic acids is 1. The van der Waals surface area contributed by atoms with Gasteiger partial charge in [0, 0.05) is 6.54 Å². The second kappa shape index (κ2) is 6.93. The maximum atomic E-state index is 12.9. The molecule has 1 aromatic rings. The minimum atomic E-state index is -4.51. The van der Waals surface area contributed by atoms with E-state index in [-0.39, 0.29) is 6.54 Å². The van der Waals surface area contributed by atoms with Gasteiger partial charge in [-0.15, -0.1) is 0 Å². The van der Waals surface area contributed by atoms with Crippen molar-refractivity contribution in [2.24, 2.45) is 0 Å². The summed E-state index contributed by atoms with van der Waals surface area (Å²) in [5, 5.41) is 2.37. The molecule has 0 saturated carbocycles. The van der Waals surface area contributed by atoms with Crippen LogP contribution in [0.3, 0.4) is 0 Å². The van der Waals surface area contributed by atoms with Crippen LogP contribution < -0.4 is 5.32 Å². The summed E-state index contributed by atoms with van der Waals surface area (Å²) in [6.07, 6.45) is -5.25. The Kier molecular flexibility index (Phi) is 5.78. The molecule has 1 atom stereocenters. The molecule has 0 bridgehead atoms. The maximum Gasteiger partial charge on any atom is 0.404 e. The van der Waals surface area contributed by atoms with Gasteiger partial charge in [-0.2, -0.15) is 13.2 Å². The number of ether oxygens (including phenoxy) is 1. The Morgan fingerprint density at radius 2 is 1.76 bits per heavy atom. The molecule has 1 unspecified atom stereocenters. The summed E-state index contributed by atoms with van der Waals surface area (Å²) in [5.41, 5.74) is -0.0805. The number of carbonyl (C=O) groups is 1. The number of rotatable bonds is 5. The standard InChI is InChI=1S/C15H20F3NO2/c1-14(2,3)21-13(20)9-12(15(16,17)18)19-10-11-7-5-4-6-8-11/h4-8,12,19H,9-10H2,1-3H3. The van der Waals surface area contributed by atoms with Crippen LogP contribution >= 0.6 is 0 Å². The molecule has 21 heavy (non-hydrogen) atoms. The first-order chi connectivity index (χ1) is 9.58. The van der Waals surface area contributed by atoms with Crippen LogP contribution in [0, 0.1) is 0 Å². The third kappa shape index (κ3) is 7.13. The number of hydrogen-bond donors (Lipinski definition) is 1. The van der Waals surface area contributed by atoms with Gasteiger partial charge in [-0.3, -0.25) is 4.79 Å². The molecule has 0 fully saturated rings. The summed E-state index contributed by atoms with van der Waals surface area (Å²) in [6.45, 7) is 4.88. The lowest BCUT2D eigenvalue weighted by atomic mass is 10.1. The lowest BCUT2D eigenvalue weighted by molar-refractivity contribution is -0.175. The molecule has 1 N–H and O–H groups in total. The van der Waals surface area contributed by atoms with Gasteiger partial charge in [0.25, 0.3) is 0 Å². The Balaban J connectivity index is 2.63. The Bertz CT molecular complexity index is 452. The van der Waals surface area contributed by atoms with Crippen molar-refractivity contribution >= 4 is 5.97 Å². The van der Waals surface area contributed by atoms with Gasteiger partial charge >= 0.3 is 12.1 Å². The predicted molar refractivity (Wildman–Crippen MR) is 73.6 cm³/mol. The fraction of sp³-hybridized carbons (Fsp3) is 0.533. The summed E-state index contributed by atoms with van der Waals surface area (Å²) < 4.78 is 43.8. The SMILES string of the molecule is CC(C)(C)OC(=O)CC(NCc1ccccc1)C(F)(F)F. The van der Waals surface area contributed by atoms with Gasteiger partial charge in [0.05, 0.1) is 6.42 Å². The molecule has 0 saturated heterocycles. The van der Waals surface area contributed by atoms with Crippen molar-refractivity contribution in [3.8, 4) is 0 Å². The van der Waals surface area contributed by atoms with E-state index in [2.05, 4.69) is 5.32 Å². The maximum absolute atomic E-state index is 12.9. The number of halogens is 3. The number of hydrogen-bond acceptors (Lipinski definition) is 3. The molecule has 118 valence electrons. The topological polar surface area (TPSA) is 38.3 Å². The summed E-state index contributed by atoms with van der Waals surface area (Å²) in [6, 6.07) is 6.78. The molecule has 0 amide bonds. The summed E-state index contributed by atoms with van der Waals surface area (Å²) in [5.74, 6) is -0.870. The van der Waals surface area contributed by atoms with Gasteiger partial charge in [0.2, 0.25) is 0 Å². The van der Waals surface area contributed by atoms with E-state index in [0.717, 1.165) is 5.56 Å². The molecule has 0 aliphatic heterocycles. The van der Waals surface area contributed by atoms with Crippen molar-refractivity contribution in [2.45, 2.75) is 51.6 Å². The van der Waals surface area contributed by atoms with Crippen LogP contribution in [0.15, 0.2) is 30.3 Å². The zero-order valence-electron chi connectivity index (χ0n) is 12.3. The molecule has 0 aromatic heterocycles. The van der Waals surface area contributed by atoms with Crippen molar-refractivity contribution in [3.05, 3.63) is 35.9 Å². The van der Waals surface area contributed by atoms with Crippen molar-refractivity contribution in [1.82, 2.24) is 5.32 Å². The van der Waals surface area contributed by atoms with Crippen molar-refractivity contribution < 1.29 is 22.7 Å². The minimum absolute atomic E-state index is 0.0355. The lowest BCUT2D eigenvalue weighted by Crippen LogP contribution is -2.44. The van der Waals surface area contributed by atoms with Crippen LogP contribution in [-0.2, 0) is 16.1 Å². The quantitative estimate of drug-likeness (QED) is 0.847. The van der Waals surface area contributed by atoms with Gasteiger partial charge in [0.1, 0.15) is 11.6 Å². The fourth-order valence-electron chi connectivity index (χ4n) is 1.69. The molecule has 0 aliphatic carbocycles. The van der Waals surface area contributed by atoms with Crippen LogP contribution in [0.4, 0.5) is 13.2 Å². The van der Waals surface area contributed by atoms with Crippen molar-refractivity contribution in [3.63, 3.8) is 0 Å². The molecule has 0 spiro atoms. The highest BCUT2D eigenvalue weighted by Crippen LogP contribution is 2.24. The minimum Gasteiger partial charge on any atom is -0.460 e. The largest absolute Gasteiger partial charge is 0.460 e. The van der Waals surface area contributed by atoms with Gasteiger partial charge in [-0.1, -0.05) is 30.3 Å².